The molecule has 0 spiro atoms. The second kappa shape index (κ2) is 11.6. The van der Waals surface area contributed by atoms with Gasteiger partial charge in [0.25, 0.3) is 0 Å². The minimum absolute atomic E-state index is 0. The van der Waals surface area contributed by atoms with E-state index in [0.29, 0.717) is 29.5 Å². The highest BCUT2D eigenvalue weighted by Crippen LogP contribution is 2.19. The maximum atomic E-state index is 13.3. The quantitative estimate of drug-likeness (QED) is 0.144. The van der Waals surface area contributed by atoms with E-state index in [4.69, 9.17) is 0 Å². The predicted molar refractivity (Wildman–Crippen MR) is 138 cm³/mol. The van der Waals surface area contributed by atoms with Gasteiger partial charge in [0.05, 0.1) is 4.90 Å². The van der Waals surface area contributed by atoms with Gasteiger partial charge in [-0.2, -0.15) is 0 Å². The molecule has 1 heterocycles. The smallest absolute Gasteiger partial charge is 0.240 e. The Balaban J connectivity index is 0.00000363. The number of hydrogen-bond donors (Lipinski definition) is 4. The molecule has 0 saturated carbocycles. The second-order valence-corrected chi connectivity index (χ2v) is 9.08. The number of fused-ring (bicyclic) bond motifs is 1. The minimum atomic E-state index is -3.57. The zero-order valence-corrected chi connectivity index (χ0v) is 21.5. The van der Waals surface area contributed by atoms with Gasteiger partial charge < -0.3 is 15.6 Å². The lowest BCUT2D eigenvalue weighted by Gasteiger charge is -2.13. The molecule has 3 rings (SSSR count). The van der Waals surface area contributed by atoms with E-state index < -0.39 is 10.0 Å². The van der Waals surface area contributed by atoms with Gasteiger partial charge in [-0.3, -0.25) is 4.99 Å². The molecule has 3 aromatic rings. The first-order chi connectivity index (χ1) is 14.8. The number of benzene rings is 2. The fourth-order valence-corrected chi connectivity index (χ4v) is 4.70. The number of sulfonamides is 1. The van der Waals surface area contributed by atoms with Crippen LogP contribution < -0.4 is 15.4 Å². The molecule has 0 aliphatic heterocycles. The van der Waals surface area contributed by atoms with Crippen molar-refractivity contribution in [2.75, 3.05) is 26.7 Å². The first-order valence-electron chi connectivity index (χ1n) is 10.1. The molecule has 0 aliphatic carbocycles. The third-order valence-corrected chi connectivity index (χ3v) is 6.59. The van der Waals surface area contributed by atoms with E-state index in [1.165, 1.54) is 12.1 Å². The fraction of sp³-hybridized carbons (Fsp3) is 0.318. The van der Waals surface area contributed by atoms with E-state index in [1.54, 1.807) is 32.2 Å². The van der Waals surface area contributed by atoms with Crippen LogP contribution in [-0.2, 0) is 16.4 Å². The molecule has 174 valence electrons. The number of aromatic amines is 1. The van der Waals surface area contributed by atoms with Gasteiger partial charge in [0.15, 0.2) is 5.96 Å². The van der Waals surface area contributed by atoms with Crippen LogP contribution in [0.3, 0.4) is 0 Å². The van der Waals surface area contributed by atoms with Gasteiger partial charge in [0.2, 0.25) is 10.0 Å². The summed E-state index contributed by atoms with van der Waals surface area (Å²) in [6.45, 7) is 4.88. The number of halogens is 2. The Labute approximate surface area is 205 Å². The fourth-order valence-electron chi connectivity index (χ4n) is 3.34. The molecule has 0 amide bonds. The third-order valence-electron chi connectivity index (χ3n) is 4.98. The van der Waals surface area contributed by atoms with E-state index in [9.17, 15) is 12.8 Å². The molecule has 0 aliphatic rings. The maximum absolute atomic E-state index is 13.3. The third kappa shape index (κ3) is 6.66. The highest BCUT2D eigenvalue weighted by atomic mass is 127. The van der Waals surface area contributed by atoms with Crippen LogP contribution >= 0.6 is 24.0 Å². The van der Waals surface area contributed by atoms with Crippen molar-refractivity contribution in [2.24, 2.45) is 4.99 Å². The van der Waals surface area contributed by atoms with Gasteiger partial charge in [-0.15, -0.1) is 24.0 Å². The van der Waals surface area contributed by atoms with Crippen molar-refractivity contribution in [3.05, 3.63) is 65.1 Å². The van der Waals surface area contributed by atoms with Gasteiger partial charge in [0, 0.05) is 43.8 Å². The Hall–Kier alpha value is -2.18. The van der Waals surface area contributed by atoms with Gasteiger partial charge in [-0.1, -0.05) is 12.1 Å². The SMILES string of the molecule is CN=C(NCCNS(=O)(=O)c1cc(C)ccc1C)NCCc1c[nH]c2cc(F)ccc12.I. The summed E-state index contributed by atoms with van der Waals surface area (Å²) in [5.41, 5.74) is 3.46. The van der Waals surface area contributed by atoms with Gasteiger partial charge in [-0.05, 0) is 61.2 Å². The number of hydrogen-bond acceptors (Lipinski definition) is 3. The number of nitrogens with zero attached hydrogens (tertiary/aromatic N) is 1. The number of aliphatic imine (C=N–C) groups is 1. The summed E-state index contributed by atoms with van der Waals surface area (Å²) in [6.07, 6.45) is 2.61. The molecule has 10 heteroatoms. The standard InChI is InChI=1S/C22H28FN5O2S.HI/c1-15-4-5-16(2)21(12-15)31(29,30)28-11-10-26-22(24-3)25-9-8-17-14-27-20-13-18(23)6-7-19(17)20;/h4-7,12-14,27-28H,8-11H2,1-3H3,(H2,24,25,26);1H. The van der Waals surface area contributed by atoms with Gasteiger partial charge >= 0.3 is 0 Å². The van der Waals surface area contributed by atoms with Gasteiger partial charge in [0.1, 0.15) is 5.82 Å². The zero-order chi connectivity index (χ0) is 22.4. The van der Waals surface area contributed by atoms with Crippen molar-refractivity contribution in [1.82, 2.24) is 20.3 Å². The molecule has 0 unspecified atom stereocenters. The number of aromatic nitrogens is 1. The Morgan fingerprint density at radius 3 is 2.56 bits per heavy atom. The Bertz CT molecular complexity index is 1190. The van der Waals surface area contributed by atoms with E-state index in [0.717, 1.165) is 28.5 Å². The van der Waals surface area contributed by atoms with Crippen LogP contribution in [0.25, 0.3) is 10.9 Å². The molecule has 0 radical (unpaired) electrons. The molecule has 0 saturated heterocycles. The number of rotatable bonds is 8. The van der Waals surface area contributed by atoms with Crippen molar-refractivity contribution < 1.29 is 12.8 Å². The average Bonchev–Trinajstić information content (AvgIpc) is 3.13. The Morgan fingerprint density at radius 2 is 1.81 bits per heavy atom. The van der Waals surface area contributed by atoms with E-state index in [-0.39, 0.29) is 36.3 Å². The van der Waals surface area contributed by atoms with Crippen molar-refractivity contribution in [2.45, 2.75) is 25.2 Å². The average molecular weight is 573 g/mol. The lowest BCUT2D eigenvalue weighted by molar-refractivity contribution is 0.579. The lowest BCUT2D eigenvalue weighted by atomic mass is 10.1. The van der Waals surface area contributed by atoms with Crippen molar-refractivity contribution in [3.63, 3.8) is 0 Å². The zero-order valence-electron chi connectivity index (χ0n) is 18.3. The summed E-state index contributed by atoms with van der Waals surface area (Å²) in [7, 11) is -1.91. The monoisotopic (exact) mass is 573 g/mol. The van der Waals surface area contributed by atoms with Crippen LogP contribution in [0.1, 0.15) is 16.7 Å². The largest absolute Gasteiger partial charge is 0.361 e. The molecular weight excluding hydrogens is 544 g/mol. The molecule has 0 fully saturated rings. The highest BCUT2D eigenvalue weighted by molar-refractivity contribution is 14.0. The molecule has 4 N–H and O–H groups in total. The van der Waals surface area contributed by atoms with Crippen molar-refractivity contribution in [1.29, 1.82) is 0 Å². The second-order valence-electron chi connectivity index (χ2n) is 7.35. The number of aryl methyl sites for hydroxylation is 2. The molecule has 0 atom stereocenters. The number of nitrogens with one attached hydrogen (secondary N) is 4. The summed E-state index contributed by atoms with van der Waals surface area (Å²) < 4.78 is 41.0. The molecule has 32 heavy (non-hydrogen) atoms. The molecule has 0 bridgehead atoms. The van der Waals surface area contributed by atoms with Crippen LogP contribution in [0.2, 0.25) is 0 Å². The molecule has 1 aromatic heterocycles. The summed E-state index contributed by atoms with van der Waals surface area (Å²) in [6, 6.07) is 10.1. The maximum Gasteiger partial charge on any atom is 0.240 e. The summed E-state index contributed by atoms with van der Waals surface area (Å²) >= 11 is 0. The summed E-state index contributed by atoms with van der Waals surface area (Å²) in [5, 5.41) is 7.29. The minimum Gasteiger partial charge on any atom is -0.361 e. The molecule has 2 aromatic carbocycles. The van der Waals surface area contributed by atoms with E-state index in [1.807, 2.05) is 19.2 Å². The van der Waals surface area contributed by atoms with E-state index >= 15 is 0 Å². The molecular formula is C22H29FIN5O2S. The van der Waals surface area contributed by atoms with E-state index in [2.05, 4.69) is 25.3 Å². The topological polar surface area (TPSA) is 98.4 Å². The predicted octanol–water partition coefficient (Wildman–Crippen LogP) is 3.23. The summed E-state index contributed by atoms with van der Waals surface area (Å²) in [5.74, 6) is 0.314. The van der Waals surface area contributed by atoms with Crippen LogP contribution in [0.4, 0.5) is 4.39 Å². The first-order valence-corrected chi connectivity index (χ1v) is 11.6. The lowest BCUT2D eigenvalue weighted by Crippen LogP contribution is -2.42. The number of H-pyrrole nitrogens is 1. The van der Waals surface area contributed by atoms with Crippen molar-refractivity contribution in [3.8, 4) is 0 Å². The first kappa shape index (κ1) is 26.1. The Morgan fingerprint density at radius 1 is 1.06 bits per heavy atom. The van der Waals surface area contributed by atoms with Crippen LogP contribution in [-0.4, -0.2) is 46.0 Å². The highest BCUT2D eigenvalue weighted by Gasteiger charge is 2.16. The van der Waals surface area contributed by atoms with Crippen LogP contribution in [0.15, 0.2) is 52.5 Å². The van der Waals surface area contributed by atoms with Gasteiger partial charge in [-0.25, -0.2) is 17.5 Å². The summed E-state index contributed by atoms with van der Waals surface area (Å²) in [4.78, 5) is 7.54. The Kier molecular flexibility index (Phi) is 9.47. The normalized spacial score (nSPS) is 11.9. The van der Waals surface area contributed by atoms with Crippen molar-refractivity contribution >= 4 is 50.9 Å². The van der Waals surface area contributed by atoms with Crippen LogP contribution in [0.5, 0.6) is 0 Å². The number of guanidine groups is 1. The van der Waals surface area contributed by atoms with Crippen LogP contribution in [0, 0.1) is 19.7 Å². The molecule has 7 nitrogen and oxygen atoms in total.